The van der Waals surface area contributed by atoms with Gasteiger partial charge in [0.05, 0.1) is 20.0 Å². The molecule has 0 amide bonds. The highest BCUT2D eigenvalue weighted by Gasteiger charge is 2.47. The molecule has 1 aromatic rings. The molecule has 3 rings (SSSR count). The van der Waals surface area contributed by atoms with E-state index in [1.165, 1.54) is 23.8 Å². The highest BCUT2D eigenvalue weighted by Crippen LogP contribution is 2.51. The zero-order valence-electron chi connectivity index (χ0n) is 14.1. The van der Waals surface area contributed by atoms with Crippen LogP contribution in [0.4, 0.5) is 0 Å². The first kappa shape index (κ1) is 16.6. The molecule has 1 heterocycles. The summed E-state index contributed by atoms with van der Waals surface area (Å²) in [5.41, 5.74) is 2.58. The van der Waals surface area contributed by atoms with Crippen molar-refractivity contribution in [1.82, 2.24) is 4.90 Å². The normalized spacial score (nSPS) is 20.0. The Morgan fingerprint density at radius 3 is 2.35 bits per heavy atom. The van der Waals surface area contributed by atoms with Crippen molar-refractivity contribution in [3.05, 3.63) is 23.3 Å². The van der Waals surface area contributed by atoms with Gasteiger partial charge in [-0.2, -0.15) is 0 Å². The van der Waals surface area contributed by atoms with Crippen LogP contribution in [0.1, 0.15) is 30.4 Å². The molecule has 1 fully saturated rings. The van der Waals surface area contributed by atoms with Crippen molar-refractivity contribution >= 4 is 9.84 Å². The van der Waals surface area contributed by atoms with Gasteiger partial charge in [0.25, 0.3) is 0 Å². The zero-order chi connectivity index (χ0) is 16.7. The average Bonchev–Trinajstić information content (AvgIpc) is 2.48. The van der Waals surface area contributed by atoms with Gasteiger partial charge in [0.1, 0.15) is 9.84 Å². The van der Waals surface area contributed by atoms with Crippen LogP contribution in [-0.4, -0.2) is 52.6 Å². The molecule has 6 heteroatoms. The SMILES string of the molecule is COc1cc2c(cc1OC)C1(CCC1)N(CCS(C)(=O)=O)CC2. The second-order valence-corrected chi connectivity index (χ2v) is 8.88. The molecule has 0 aromatic heterocycles. The van der Waals surface area contributed by atoms with Gasteiger partial charge in [-0.25, -0.2) is 8.42 Å². The number of nitrogens with zero attached hydrogens (tertiary/aromatic N) is 1. The van der Waals surface area contributed by atoms with E-state index >= 15 is 0 Å². The summed E-state index contributed by atoms with van der Waals surface area (Å²) in [4.78, 5) is 2.37. The Morgan fingerprint density at radius 1 is 1.17 bits per heavy atom. The van der Waals surface area contributed by atoms with E-state index in [-0.39, 0.29) is 11.3 Å². The third-order valence-electron chi connectivity index (χ3n) is 5.28. The number of ether oxygens (including phenoxy) is 2. The Labute approximate surface area is 138 Å². The molecule has 1 aromatic carbocycles. The van der Waals surface area contributed by atoms with Crippen LogP contribution in [0.3, 0.4) is 0 Å². The van der Waals surface area contributed by atoms with Crippen molar-refractivity contribution in [2.45, 2.75) is 31.2 Å². The summed E-state index contributed by atoms with van der Waals surface area (Å²) in [6.07, 6.45) is 5.58. The quantitative estimate of drug-likeness (QED) is 0.821. The van der Waals surface area contributed by atoms with Crippen molar-refractivity contribution in [2.24, 2.45) is 0 Å². The third-order valence-corrected chi connectivity index (χ3v) is 6.20. The summed E-state index contributed by atoms with van der Waals surface area (Å²) in [5, 5.41) is 0. The molecule has 0 saturated heterocycles. The Bertz CT molecular complexity index is 695. The fraction of sp³-hybridized carbons (Fsp3) is 0.647. The molecule has 0 bridgehead atoms. The van der Waals surface area contributed by atoms with Crippen LogP contribution in [0, 0.1) is 0 Å². The van der Waals surface area contributed by atoms with E-state index in [1.807, 2.05) is 0 Å². The molecule has 5 nitrogen and oxygen atoms in total. The predicted molar refractivity (Wildman–Crippen MR) is 90.1 cm³/mol. The molecular formula is C17H25NO4S. The lowest BCUT2D eigenvalue weighted by Gasteiger charge is -2.54. The number of benzene rings is 1. The number of fused-ring (bicyclic) bond motifs is 2. The third kappa shape index (κ3) is 2.94. The van der Waals surface area contributed by atoms with Crippen LogP contribution in [0.25, 0.3) is 0 Å². The maximum absolute atomic E-state index is 11.6. The second kappa shape index (κ2) is 5.98. The second-order valence-electron chi connectivity index (χ2n) is 6.62. The van der Waals surface area contributed by atoms with Crippen molar-refractivity contribution in [2.75, 3.05) is 39.3 Å². The summed E-state index contributed by atoms with van der Waals surface area (Å²) in [7, 11) is 0.367. The van der Waals surface area contributed by atoms with Gasteiger partial charge in [0.15, 0.2) is 11.5 Å². The van der Waals surface area contributed by atoms with Gasteiger partial charge in [-0.15, -0.1) is 0 Å². The molecular weight excluding hydrogens is 314 g/mol. The fourth-order valence-corrected chi connectivity index (χ4v) is 4.45. The predicted octanol–water partition coefficient (Wildman–Crippen LogP) is 1.99. The molecule has 1 spiro atoms. The Kier molecular flexibility index (Phi) is 4.31. The van der Waals surface area contributed by atoms with E-state index in [4.69, 9.17) is 9.47 Å². The largest absolute Gasteiger partial charge is 0.493 e. The van der Waals surface area contributed by atoms with Crippen molar-refractivity contribution in [3.8, 4) is 11.5 Å². The number of rotatable bonds is 5. The van der Waals surface area contributed by atoms with E-state index in [9.17, 15) is 8.42 Å². The van der Waals surface area contributed by atoms with E-state index < -0.39 is 9.84 Å². The van der Waals surface area contributed by atoms with Crippen LogP contribution in [-0.2, 0) is 21.8 Å². The first-order valence-corrected chi connectivity index (χ1v) is 10.1. The van der Waals surface area contributed by atoms with Gasteiger partial charge in [-0.05, 0) is 48.9 Å². The fourth-order valence-electron chi connectivity index (χ4n) is 3.90. The van der Waals surface area contributed by atoms with Gasteiger partial charge in [0.2, 0.25) is 0 Å². The van der Waals surface area contributed by atoms with Crippen LogP contribution in [0.15, 0.2) is 12.1 Å². The molecule has 0 atom stereocenters. The van der Waals surface area contributed by atoms with Gasteiger partial charge < -0.3 is 9.47 Å². The van der Waals surface area contributed by atoms with E-state index in [0.717, 1.165) is 37.3 Å². The van der Waals surface area contributed by atoms with Crippen molar-refractivity contribution < 1.29 is 17.9 Å². The number of methoxy groups -OCH3 is 2. The summed E-state index contributed by atoms with van der Waals surface area (Å²) in [6, 6.07) is 4.18. The number of hydrogen-bond acceptors (Lipinski definition) is 5. The minimum Gasteiger partial charge on any atom is -0.493 e. The van der Waals surface area contributed by atoms with E-state index in [1.54, 1.807) is 14.2 Å². The Balaban J connectivity index is 1.96. The summed E-state index contributed by atoms with van der Waals surface area (Å²) >= 11 is 0. The van der Waals surface area contributed by atoms with Crippen LogP contribution in [0.2, 0.25) is 0 Å². The molecule has 1 aliphatic heterocycles. The summed E-state index contributed by atoms with van der Waals surface area (Å²) < 4.78 is 34.0. The molecule has 0 N–H and O–H groups in total. The highest BCUT2D eigenvalue weighted by molar-refractivity contribution is 7.90. The number of hydrogen-bond donors (Lipinski definition) is 0. The van der Waals surface area contributed by atoms with Crippen LogP contribution in [0.5, 0.6) is 11.5 Å². The molecule has 23 heavy (non-hydrogen) atoms. The standard InChI is InChI=1S/C17H25NO4S/c1-21-15-11-13-5-8-18(9-10-23(3,19)20)17(6-4-7-17)14(13)12-16(15)22-2/h11-12H,4-10H2,1-3H3. The van der Waals surface area contributed by atoms with Gasteiger partial charge in [-0.3, -0.25) is 4.90 Å². The zero-order valence-corrected chi connectivity index (χ0v) is 14.9. The minimum atomic E-state index is -2.95. The smallest absolute Gasteiger partial charge is 0.161 e. The maximum Gasteiger partial charge on any atom is 0.161 e. The first-order valence-electron chi connectivity index (χ1n) is 8.08. The lowest BCUT2D eigenvalue weighted by molar-refractivity contribution is 0.00695. The Hall–Kier alpha value is -1.27. The molecule has 0 unspecified atom stereocenters. The molecule has 128 valence electrons. The highest BCUT2D eigenvalue weighted by atomic mass is 32.2. The molecule has 0 radical (unpaired) electrons. The molecule has 1 aliphatic carbocycles. The topological polar surface area (TPSA) is 55.8 Å². The van der Waals surface area contributed by atoms with Gasteiger partial charge >= 0.3 is 0 Å². The van der Waals surface area contributed by atoms with Crippen LogP contribution < -0.4 is 9.47 Å². The lowest BCUT2D eigenvalue weighted by Crippen LogP contribution is -2.55. The maximum atomic E-state index is 11.6. The van der Waals surface area contributed by atoms with Crippen LogP contribution >= 0.6 is 0 Å². The van der Waals surface area contributed by atoms with Crippen molar-refractivity contribution in [3.63, 3.8) is 0 Å². The summed E-state index contributed by atoms with van der Waals surface area (Å²) in [6.45, 7) is 1.50. The van der Waals surface area contributed by atoms with Gasteiger partial charge in [-0.1, -0.05) is 0 Å². The van der Waals surface area contributed by atoms with E-state index in [0.29, 0.717) is 6.54 Å². The lowest BCUT2D eigenvalue weighted by atomic mass is 9.67. The minimum absolute atomic E-state index is 0.0160. The summed E-state index contributed by atoms with van der Waals surface area (Å²) in [5.74, 6) is 1.74. The molecule has 1 saturated carbocycles. The van der Waals surface area contributed by atoms with Crippen molar-refractivity contribution in [1.29, 1.82) is 0 Å². The first-order chi connectivity index (χ1) is 10.9. The average molecular weight is 339 g/mol. The monoisotopic (exact) mass is 339 g/mol. The van der Waals surface area contributed by atoms with E-state index in [2.05, 4.69) is 17.0 Å². The van der Waals surface area contributed by atoms with Gasteiger partial charge in [0, 0.05) is 24.9 Å². The molecule has 2 aliphatic rings. The number of sulfone groups is 1. The Morgan fingerprint density at radius 2 is 1.83 bits per heavy atom.